The van der Waals surface area contributed by atoms with E-state index in [4.69, 9.17) is 4.74 Å². The lowest BCUT2D eigenvalue weighted by Crippen LogP contribution is -2.00. The molecule has 2 rings (SSSR count). The van der Waals surface area contributed by atoms with Gasteiger partial charge in [0.2, 0.25) is 0 Å². The first kappa shape index (κ1) is 13.1. The monoisotopic (exact) mass is 307 g/mol. The second-order valence-corrected chi connectivity index (χ2v) is 4.83. The van der Waals surface area contributed by atoms with Crippen molar-refractivity contribution in [3.63, 3.8) is 0 Å². The Morgan fingerprint density at radius 3 is 2.78 bits per heavy atom. The smallest absolute Gasteiger partial charge is 0.128 e. The SMILES string of the molecule is Cc1cc(OCc2ccccc2Br)c(CO)cn1. The molecule has 0 radical (unpaired) electrons. The summed E-state index contributed by atoms with van der Waals surface area (Å²) in [6, 6.07) is 9.74. The van der Waals surface area contributed by atoms with Gasteiger partial charge in [-0.2, -0.15) is 0 Å². The lowest BCUT2D eigenvalue weighted by atomic mass is 10.2. The molecular weight excluding hydrogens is 294 g/mol. The van der Waals surface area contributed by atoms with E-state index in [0.717, 1.165) is 15.7 Å². The fraction of sp³-hybridized carbons (Fsp3) is 0.214. The molecule has 2 aromatic rings. The largest absolute Gasteiger partial charge is 0.488 e. The molecule has 0 bridgehead atoms. The van der Waals surface area contributed by atoms with E-state index in [2.05, 4.69) is 20.9 Å². The van der Waals surface area contributed by atoms with Crippen LogP contribution in [-0.2, 0) is 13.2 Å². The number of nitrogens with zero attached hydrogens (tertiary/aromatic N) is 1. The molecule has 0 amide bonds. The van der Waals surface area contributed by atoms with Gasteiger partial charge in [0.05, 0.1) is 6.61 Å². The van der Waals surface area contributed by atoms with E-state index in [1.165, 1.54) is 0 Å². The second-order valence-electron chi connectivity index (χ2n) is 3.97. The van der Waals surface area contributed by atoms with Crippen LogP contribution in [0.5, 0.6) is 5.75 Å². The van der Waals surface area contributed by atoms with Crippen molar-refractivity contribution >= 4 is 15.9 Å². The van der Waals surface area contributed by atoms with Gasteiger partial charge in [0.25, 0.3) is 0 Å². The van der Waals surface area contributed by atoms with Gasteiger partial charge in [-0.05, 0) is 13.0 Å². The standard InChI is InChI=1S/C14H14BrNO2/c1-10-6-14(12(8-17)7-16-10)18-9-11-4-2-3-5-13(11)15/h2-7,17H,8-9H2,1H3. The van der Waals surface area contributed by atoms with Gasteiger partial charge in [-0.3, -0.25) is 4.98 Å². The van der Waals surface area contributed by atoms with Crippen LogP contribution in [0.4, 0.5) is 0 Å². The maximum Gasteiger partial charge on any atom is 0.128 e. The number of rotatable bonds is 4. The zero-order valence-corrected chi connectivity index (χ0v) is 11.6. The van der Waals surface area contributed by atoms with E-state index < -0.39 is 0 Å². The Morgan fingerprint density at radius 2 is 2.06 bits per heavy atom. The predicted octanol–water partition coefficient (Wildman–Crippen LogP) is 3.22. The first-order valence-electron chi connectivity index (χ1n) is 5.63. The van der Waals surface area contributed by atoms with Crippen LogP contribution < -0.4 is 4.74 Å². The number of hydrogen-bond acceptors (Lipinski definition) is 3. The van der Waals surface area contributed by atoms with E-state index in [-0.39, 0.29) is 6.61 Å². The summed E-state index contributed by atoms with van der Waals surface area (Å²) in [6.07, 6.45) is 1.64. The number of pyridine rings is 1. The number of benzene rings is 1. The Morgan fingerprint density at radius 1 is 1.28 bits per heavy atom. The third-order valence-corrected chi connectivity index (χ3v) is 3.37. The van der Waals surface area contributed by atoms with Gasteiger partial charge in [-0.1, -0.05) is 34.1 Å². The minimum atomic E-state index is -0.0709. The molecule has 3 nitrogen and oxygen atoms in total. The summed E-state index contributed by atoms with van der Waals surface area (Å²) in [7, 11) is 0. The molecule has 4 heteroatoms. The molecule has 0 saturated carbocycles. The maximum absolute atomic E-state index is 9.23. The van der Waals surface area contributed by atoms with Crippen LogP contribution in [0.15, 0.2) is 41.0 Å². The minimum absolute atomic E-state index is 0.0709. The lowest BCUT2D eigenvalue weighted by Gasteiger charge is -2.11. The molecule has 0 saturated heterocycles. The van der Waals surface area contributed by atoms with Crippen molar-refractivity contribution in [3.8, 4) is 5.75 Å². The Balaban J connectivity index is 2.15. The average Bonchev–Trinajstić information content (AvgIpc) is 2.38. The number of halogens is 1. The summed E-state index contributed by atoms with van der Waals surface area (Å²) in [5.41, 5.74) is 2.64. The van der Waals surface area contributed by atoms with Gasteiger partial charge in [0, 0.05) is 33.6 Å². The van der Waals surface area contributed by atoms with Crippen LogP contribution in [0.3, 0.4) is 0 Å². The Bertz CT molecular complexity index is 543. The molecule has 1 heterocycles. The predicted molar refractivity (Wildman–Crippen MR) is 73.4 cm³/mol. The van der Waals surface area contributed by atoms with Crippen LogP contribution in [-0.4, -0.2) is 10.1 Å². The topological polar surface area (TPSA) is 42.4 Å². The molecule has 0 fully saturated rings. The van der Waals surface area contributed by atoms with Crippen molar-refractivity contribution in [2.45, 2.75) is 20.1 Å². The Labute approximate surface area is 115 Å². The van der Waals surface area contributed by atoms with E-state index in [1.807, 2.05) is 37.3 Å². The van der Waals surface area contributed by atoms with E-state index in [9.17, 15) is 5.11 Å². The number of aromatic nitrogens is 1. The molecule has 0 aliphatic rings. The Hall–Kier alpha value is -1.39. The maximum atomic E-state index is 9.23. The van der Waals surface area contributed by atoms with Gasteiger partial charge in [0.15, 0.2) is 0 Å². The highest BCUT2D eigenvalue weighted by molar-refractivity contribution is 9.10. The van der Waals surface area contributed by atoms with Crippen molar-refractivity contribution < 1.29 is 9.84 Å². The van der Waals surface area contributed by atoms with Crippen molar-refractivity contribution in [2.75, 3.05) is 0 Å². The first-order valence-corrected chi connectivity index (χ1v) is 6.42. The van der Waals surface area contributed by atoms with Gasteiger partial charge in [0.1, 0.15) is 12.4 Å². The first-order chi connectivity index (χ1) is 8.70. The molecule has 0 spiro atoms. The van der Waals surface area contributed by atoms with E-state index in [1.54, 1.807) is 6.20 Å². The highest BCUT2D eigenvalue weighted by atomic mass is 79.9. The highest BCUT2D eigenvalue weighted by Crippen LogP contribution is 2.22. The average molecular weight is 308 g/mol. The summed E-state index contributed by atoms with van der Waals surface area (Å²) in [4.78, 5) is 4.13. The van der Waals surface area contributed by atoms with Gasteiger partial charge < -0.3 is 9.84 Å². The van der Waals surface area contributed by atoms with Gasteiger partial charge in [-0.25, -0.2) is 0 Å². The molecule has 1 aromatic carbocycles. The zero-order chi connectivity index (χ0) is 13.0. The fourth-order valence-electron chi connectivity index (χ4n) is 1.59. The molecule has 18 heavy (non-hydrogen) atoms. The number of aliphatic hydroxyl groups excluding tert-OH is 1. The summed E-state index contributed by atoms with van der Waals surface area (Å²) in [5.74, 6) is 0.681. The van der Waals surface area contributed by atoms with Gasteiger partial charge in [-0.15, -0.1) is 0 Å². The van der Waals surface area contributed by atoms with Crippen LogP contribution in [0.1, 0.15) is 16.8 Å². The summed E-state index contributed by atoms with van der Waals surface area (Å²) < 4.78 is 6.76. The van der Waals surface area contributed by atoms with Crippen LogP contribution in [0.25, 0.3) is 0 Å². The minimum Gasteiger partial charge on any atom is -0.488 e. The van der Waals surface area contributed by atoms with Gasteiger partial charge >= 0.3 is 0 Å². The molecule has 0 aliphatic carbocycles. The molecule has 1 aromatic heterocycles. The quantitative estimate of drug-likeness (QED) is 0.943. The van der Waals surface area contributed by atoms with Crippen molar-refractivity contribution in [3.05, 3.63) is 57.8 Å². The normalized spacial score (nSPS) is 10.4. The Kier molecular flexibility index (Phi) is 4.33. The molecular formula is C14H14BrNO2. The van der Waals surface area contributed by atoms with Crippen LogP contribution in [0.2, 0.25) is 0 Å². The third kappa shape index (κ3) is 3.09. The van der Waals surface area contributed by atoms with Crippen molar-refractivity contribution in [1.82, 2.24) is 4.98 Å². The second kappa shape index (κ2) is 5.98. The zero-order valence-electron chi connectivity index (χ0n) is 10.1. The van der Waals surface area contributed by atoms with E-state index >= 15 is 0 Å². The summed E-state index contributed by atoms with van der Waals surface area (Å²) in [6.45, 7) is 2.28. The molecule has 94 valence electrons. The van der Waals surface area contributed by atoms with Crippen LogP contribution >= 0.6 is 15.9 Å². The lowest BCUT2D eigenvalue weighted by molar-refractivity contribution is 0.258. The fourth-order valence-corrected chi connectivity index (χ4v) is 1.99. The highest BCUT2D eigenvalue weighted by Gasteiger charge is 2.06. The van der Waals surface area contributed by atoms with E-state index in [0.29, 0.717) is 17.9 Å². The molecule has 0 atom stereocenters. The number of hydrogen-bond donors (Lipinski definition) is 1. The van der Waals surface area contributed by atoms with Crippen LogP contribution in [0, 0.1) is 6.92 Å². The van der Waals surface area contributed by atoms with Crippen molar-refractivity contribution in [1.29, 1.82) is 0 Å². The summed E-state index contributed by atoms with van der Waals surface area (Å²) in [5, 5.41) is 9.23. The molecule has 1 N–H and O–H groups in total. The molecule has 0 unspecified atom stereocenters. The third-order valence-electron chi connectivity index (χ3n) is 2.59. The summed E-state index contributed by atoms with van der Waals surface area (Å²) >= 11 is 3.48. The number of aliphatic hydroxyl groups is 1. The molecule has 0 aliphatic heterocycles. The number of ether oxygens (including phenoxy) is 1. The number of aryl methyl sites for hydroxylation is 1. The van der Waals surface area contributed by atoms with Crippen molar-refractivity contribution in [2.24, 2.45) is 0 Å².